The highest BCUT2D eigenvalue weighted by Gasteiger charge is 2.21. The summed E-state index contributed by atoms with van der Waals surface area (Å²) in [6.07, 6.45) is 12.9. The maximum absolute atomic E-state index is 12.2. The third-order valence-corrected chi connectivity index (χ3v) is 5.48. The lowest BCUT2D eigenvalue weighted by molar-refractivity contribution is -0.121. The van der Waals surface area contributed by atoms with E-state index < -0.39 is 0 Å². The van der Waals surface area contributed by atoms with E-state index in [9.17, 15) is 4.79 Å². The molecule has 2 heterocycles. The Balaban J connectivity index is 1.58. The van der Waals surface area contributed by atoms with Crippen molar-refractivity contribution in [3.8, 4) is 0 Å². The largest absolute Gasteiger partial charge is 0.349 e. The average Bonchev–Trinajstić information content (AvgIpc) is 3.20. The first-order chi connectivity index (χ1) is 13.0. The summed E-state index contributed by atoms with van der Waals surface area (Å²) < 4.78 is 0. The zero-order valence-electron chi connectivity index (χ0n) is 16.5. The second-order valence-corrected chi connectivity index (χ2v) is 7.51. The van der Waals surface area contributed by atoms with Crippen LogP contribution in [0.15, 0.2) is 18.6 Å². The lowest BCUT2D eigenvalue weighted by Gasteiger charge is -2.31. The topological polar surface area (TPSA) is 86.8 Å². The molecule has 2 aromatic heterocycles. The van der Waals surface area contributed by atoms with Gasteiger partial charge in [-0.05, 0) is 38.7 Å². The number of anilines is 1. The summed E-state index contributed by atoms with van der Waals surface area (Å²) in [7, 11) is 2.09. The number of aryl methyl sites for hydroxylation is 2. The van der Waals surface area contributed by atoms with Crippen LogP contribution in [0.25, 0.3) is 0 Å². The van der Waals surface area contributed by atoms with Gasteiger partial charge in [-0.25, -0.2) is 9.97 Å². The number of aromatic amines is 1. The monoisotopic (exact) mass is 370 g/mol. The molecule has 146 valence electrons. The number of rotatable bonds is 7. The summed E-state index contributed by atoms with van der Waals surface area (Å²) in [5.41, 5.74) is 2.92. The second-order valence-electron chi connectivity index (χ2n) is 7.51. The van der Waals surface area contributed by atoms with E-state index in [-0.39, 0.29) is 11.9 Å². The van der Waals surface area contributed by atoms with Crippen LogP contribution >= 0.6 is 0 Å². The van der Waals surface area contributed by atoms with Gasteiger partial charge in [0.2, 0.25) is 11.9 Å². The van der Waals surface area contributed by atoms with Crippen LogP contribution in [0, 0.1) is 6.92 Å². The summed E-state index contributed by atoms with van der Waals surface area (Å²) in [6.45, 7) is 3.97. The predicted molar refractivity (Wildman–Crippen MR) is 106 cm³/mol. The number of amides is 1. The molecule has 0 aromatic carbocycles. The Labute approximate surface area is 161 Å². The maximum atomic E-state index is 12.2. The fraction of sp³-hybridized carbons (Fsp3) is 0.600. The van der Waals surface area contributed by atoms with Gasteiger partial charge in [0.15, 0.2) is 0 Å². The quantitative estimate of drug-likeness (QED) is 0.782. The van der Waals surface area contributed by atoms with Gasteiger partial charge in [-0.15, -0.1) is 0 Å². The lowest BCUT2D eigenvalue weighted by atomic mass is 9.95. The van der Waals surface area contributed by atoms with Crippen molar-refractivity contribution in [2.24, 2.45) is 0 Å². The molecule has 1 atom stereocenters. The van der Waals surface area contributed by atoms with Crippen LogP contribution in [0.2, 0.25) is 0 Å². The average molecular weight is 371 g/mol. The molecule has 27 heavy (non-hydrogen) atoms. The van der Waals surface area contributed by atoms with Gasteiger partial charge in [-0.1, -0.05) is 19.3 Å². The van der Waals surface area contributed by atoms with E-state index in [1.165, 1.54) is 32.1 Å². The molecule has 2 N–H and O–H groups in total. The molecule has 1 saturated carbocycles. The van der Waals surface area contributed by atoms with Gasteiger partial charge in [0.25, 0.3) is 0 Å². The summed E-state index contributed by atoms with van der Waals surface area (Å²) in [5.74, 6) is 0.799. The van der Waals surface area contributed by atoms with Crippen LogP contribution in [0.1, 0.15) is 68.3 Å². The van der Waals surface area contributed by atoms with Gasteiger partial charge >= 0.3 is 0 Å². The molecule has 1 aliphatic rings. The molecule has 0 radical (unpaired) electrons. The zero-order valence-corrected chi connectivity index (χ0v) is 16.5. The van der Waals surface area contributed by atoms with E-state index in [2.05, 4.69) is 32.4 Å². The number of carbonyl (C=O) groups excluding carboxylic acids is 1. The predicted octanol–water partition coefficient (Wildman–Crippen LogP) is 3.09. The van der Waals surface area contributed by atoms with Crippen molar-refractivity contribution in [1.82, 2.24) is 25.5 Å². The molecule has 0 spiro atoms. The van der Waals surface area contributed by atoms with Crippen LogP contribution < -0.4 is 10.2 Å². The first-order valence-electron chi connectivity index (χ1n) is 9.88. The van der Waals surface area contributed by atoms with Crippen LogP contribution in [-0.2, 0) is 11.2 Å². The van der Waals surface area contributed by atoms with Crippen molar-refractivity contribution in [3.05, 3.63) is 35.4 Å². The van der Waals surface area contributed by atoms with Gasteiger partial charge in [0.1, 0.15) is 0 Å². The number of nitrogens with one attached hydrogen (secondary N) is 2. The van der Waals surface area contributed by atoms with Crippen LogP contribution in [0.3, 0.4) is 0 Å². The van der Waals surface area contributed by atoms with Crippen LogP contribution in [-0.4, -0.2) is 39.2 Å². The van der Waals surface area contributed by atoms with Crippen molar-refractivity contribution < 1.29 is 4.79 Å². The fourth-order valence-corrected chi connectivity index (χ4v) is 3.75. The molecular formula is C20H30N6O. The highest BCUT2D eigenvalue weighted by Crippen LogP contribution is 2.25. The number of hydrogen-bond donors (Lipinski definition) is 2. The fourth-order valence-electron chi connectivity index (χ4n) is 3.75. The zero-order chi connectivity index (χ0) is 19.2. The molecule has 7 nitrogen and oxygen atoms in total. The standard InChI is InChI=1S/C20H30N6O/c1-14(24-19(27)10-9-16-11-22-23-12-16)18-13-21-20(25-15(18)2)26(3)17-7-5-4-6-8-17/h11-14,17H,4-10H2,1-3H3,(H,22,23)(H,24,27). The van der Waals surface area contributed by atoms with Crippen molar-refractivity contribution in [1.29, 1.82) is 0 Å². The number of H-pyrrole nitrogens is 1. The van der Waals surface area contributed by atoms with E-state index in [1.807, 2.05) is 26.2 Å². The highest BCUT2D eigenvalue weighted by molar-refractivity contribution is 5.76. The number of nitrogens with zero attached hydrogens (tertiary/aromatic N) is 4. The number of hydrogen-bond acceptors (Lipinski definition) is 5. The highest BCUT2D eigenvalue weighted by atomic mass is 16.1. The summed E-state index contributed by atoms with van der Waals surface area (Å²) in [6, 6.07) is 0.417. The van der Waals surface area contributed by atoms with E-state index >= 15 is 0 Å². The van der Waals surface area contributed by atoms with Crippen molar-refractivity contribution in [2.45, 2.75) is 70.9 Å². The summed E-state index contributed by atoms with van der Waals surface area (Å²) in [5, 5.41) is 9.71. The molecule has 1 unspecified atom stereocenters. The third-order valence-electron chi connectivity index (χ3n) is 5.48. The van der Waals surface area contributed by atoms with Crippen LogP contribution in [0.4, 0.5) is 5.95 Å². The van der Waals surface area contributed by atoms with Gasteiger partial charge in [-0.3, -0.25) is 9.89 Å². The normalized spacial score (nSPS) is 16.1. The van der Waals surface area contributed by atoms with Crippen LogP contribution in [0.5, 0.6) is 0 Å². The Bertz CT molecular complexity index is 739. The minimum Gasteiger partial charge on any atom is -0.349 e. The third kappa shape index (κ3) is 5.05. The number of aromatic nitrogens is 4. The smallest absolute Gasteiger partial charge is 0.225 e. The molecule has 0 saturated heterocycles. The Morgan fingerprint density at radius 2 is 2.11 bits per heavy atom. The molecular weight excluding hydrogens is 340 g/mol. The van der Waals surface area contributed by atoms with Gasteiger partial charge in [0.05, 0.1) is 12.2 Å². The second kappa shape index (κ2) is 8.97. The molecule has 2 aromatic rings. The summed E-state index contributed by atoms with van der Waals surface area (Å²) >= 11 is 0. The Kier molecular flexibility index (Phi) is 6.42. The minimum absolute atomic E-state index is 0.0199. The Morgan fingerprint density at radius 1 is 1.33 bits per heavy atom. The van der Waals surface area contributed by atoms with Crippen molar-refractivity contribution in [3.63, 3.8) is 0 Å². The maximum Gasteiger partial charge on any atom is 0.225 e. The van der Waals surface area contributed by atoms with Gasteiger partial charge in [-0.2, -0.15) is 5.10 Å². The molecule has 1 amide bonds. The van der Waals surface area contributed by atoms with E-state index in [1.54, 1.807) is 6.20 Å². The lowest BCUT2D eigenvalue weighted by Crippen LogP contribution is -2.35. The SMILES string of the molecule is Cc1nc(N(C)C2CCCCC2)ncc1C(C)NC(=O)CCc1cn[nH]c1. The minimum atomic E-state index is -0.115. The molecule has 0 bridgehead atoms. The first-order valence-corrected chi connectivity index (χ1v) is 9.88. The van der Waals surface area contributed by atoms with E-state index in [4.69, 9.17) is 4.98 Å². The molecule has 3 rings (SSSR count). The summed E-state index contributed by atoms with van der Waals surface area (Å²) in [4.78, 5) is 23.7. The van der Waals surface area contributed by atoms with Crippen molar-refractivity contribution in [2.75, 3.05) is 11.9 Å². The Hall–Kier alpha value is -2.44. The van der Waals surface area contributed by atoms with Gasteiger partial charge < -0.3 is 10.2 Å². The van der Waals surface area contributed by atoms with Crippen molar-refractivity contribution >= 4 is 11.9 Å². The van der Waals surface area contributed by atoms with E-state index in [0.717, 1.165) is 22.8 Å². The molecule has 7 heteroatoms. The number of carbonyl (C=O) groups is 1. The first kappa shape index (κ1) is 19.3. The van der Waals surface area contributed by atoms with E-state index in [0.29, 0.717) is 18.9 Å². The molecule has 0 aliphatic heterocycles. The Morgan fingerprint density at radius 3 is 2.78 bits per heavy atom. The molecule has 1 aliphatic carbocycles. The van der Waals surface area contributed by atoms with Gasteiger partial charge in [0, 0.05) is 43.2 Å². The molecule has 1 fully saturated rings.